The summed E-state index contributed by atoms with van der Waals surface area (Å²) >= 11 is 0. The van der Waals surface area contributed by atoms with Gasteiger partial charge in [-0.1, -0.05) is 12.1 Å². The van der Waals surface area contributed by atoms with Crippen molar-refractivity contribution in [2.45, 2.75) is 79.3 Å². The van der Waals surface area contributed by atoms with Gasteiger partial charge in [0.2, 0.25) is 23.6 Å². The average Bonchev–Trinajstić information content (AvgIpc) is 3.87. The first kappa shape index (κ1) is 42.3. The van der Waals surface area contributed by atoms with Gasteiger partial charge in [-0.15, -0.1) is 0 Å². The summed E-state index contributed by atoms with van der Waals surface area (Å²) < 4.78 is 15.4. The van der Waals surface area contributed by atoms with Crippen LogP contribution in [0.25, 0.3) is 0 Å². The molecular formula is C42H62N10O4. The van der Waals surface area contributed by atoms with Crippen molar-refractivity contribution >= 4 is 11.8 Å². The van der Waals surface area contributed by atoms with Crippen molar-refractivity contribution in [1.29, 1.82) is 0 Å². The van der Waals surface area contributed by atoms with Crippen LogP contribution < -0.4 is 20.1 Å². The van der Waals surface area contributed by atoms with Crippen LogP contribution in [0.15, 0.2) is 49.1 Å². The minimum Gasteiger partial charge on any atom is -0.476 e. The highest BCUT2D eigenvalue weighted by Crippen LogP contribution is 2.31. The van der Waals surface area contributed by atoms with Gasteiger partial charge in [0.15, 0.2) is 0 Å². The molecule has 0 bridgehead atoms. The number of amides is 2. The van der Waals surface area contributed by atoms with Gasteiger partial charge in [-0.3, -0.25) is 19.0 Å². The summed E-state index contributed by atoms with van der Waals surface area (Å²) in [4.78, 5) is 39.1. The third-order valence-electron chi connectivity index (χ3n) is 10.8. The van der Waals surface area contributed by atoms with Gasteiger partial charge in [-0.25, -0.2) is 9.97 Å². The van der Waals surface area contributed by atoms with Crippen LogP contribution in [0.2, 0.25) is 0 Å². The summed E-state index contributed by atoms with van der Waals surface area (Å²) in [5, 5.41) is 15.5. The Bertz CT molecular complexity index is 1830. The fourth-order valence-electron chi connectivity index (χ4n) is 7.49. The number of hydrogen-bond acceptors (Lipinski definition) is 10. The quantitative estimate of drug-likeness (QED) is 0.216. The molecule has 304 valence electrons. The molecule has 2 amide bonds. The number of ether oxygens (including phenoxy) is 2. The summed E-state index contributed by atoms with van der Waals surface area (Å²) in [5.74, 6) is 1.61. The van der Waals surface area contributed by atoms with Crippen molar-refractivity contribution in [3.63, 3.8) is 0 Å². The van der Waals surface area contributed by atoms with Crippen LogP contribution in [0.5, 0.6) is 11.8 Å². The van der Waals surface area contributed by atoms with Crippen LogP contribution in [0.1, 0.15) is 73.2 Å². The zero-order valence-electron chi connectivity index (χ0n) is 35.4. The lowest BCUT2D eigenvalue weighted by molar-refractivity contribution is -0.132. The Morgan fingerprint density at radius 3 is 1.36 bits per heavy atom. The Morgan fingerprint density at radius 2 is 1.04 bits per heavy atom. The van der Waals surface area contributed by atoms with E-state index in [1.165, 1.54) is 11.1 Å². The lowest BCUT2D eigenvalue weighted by Crippen LogP contribution is -2.48. The topological polar surface area (TPSA) is 145 Å². The molecule has 0 saturated carbocycles. The first-order valence-electron chi connectivity index (χ1n) is 19.4. The van der Waals surface area contributed by atoms with Crippen molar-refractivity contribution in [1.82, 2.24) is 50.0 Å². The van der Waals surface area contributed by atoms with Gasteiger partial charge >= 0.3 is 0 Å². The smallest absolute Gasteiger partial charge is 0.229 e. The van der Waals surface area contributed by atoms with Crippen molar-refractivity contribution in [2.75, 3.05) is 53.5 Å². The third-order valence-corrected chi connectivity index (χ3v) is 10.8. The van der Waals surface area contributed by atoms with Gasteiger partial charge in [0, 0.05) is 100 Å². The predicted octanol–water partition coefficient (Wildman–Crippen LogP) is 4.10. The molecule has 2 saturated heterocycles. The lowest BCUT2D eigenvalue weighted by Gasteiger charge is -2.28. The van der Waals surface area contributed by atoms with E-state index in [-0.39, 0.29) is 48.9 Å². The second-order valence-corrected chi connectivity index (χ2v) is 17.1. The molecule has 14 nitrogen and oxygen atoms in total. The monoisotopic (exact) mass is 770 g/mol. The summed E-state index contributed by atoms with van der Waals surface area (Å²) in [7, 11) is 8.04. The molecule has 4 atom stereocenters. The maximum Gasteiger partial charge on any atom is 0.229 e. The van der Waals surface area contributed by atoms with E-state index >= 15 is 0 Å². The van der Waals surface area contributed by atoms with Crippen LogP contribution in [-0.4, -0.2) is 117 Å². The third kappa shape index (κ3) is 10.3. The fraction of sp³-hybridized carbons (Fsp3) is 0.571. The second-order valence-electron chi connectivity index (χ2n) is 17.1. The van der Waals surface area contributed by atoms with Crippen LogP contribution in [0, 0.1) is 38.5 Å². The van der Waals surface area contributed by atoms with E-state index in [9.17, 15) is 9.59 Å². The molecule has 2 fully saturated rings. The molecule has 0 radical (unpaired) electrons. The highest BCUT2D eigenvalue weighted by atomic mass is 16.5. The van der Waals surface area contributed by atoms with Gasteiger partial charge in [-0.05, 0) is 92.7 Å². The Balaban J connectivity index is 0.000000214. The number of likely N-dealkylation sites (N-methyl/N-ethyl adjacent to an activating group) is 2. The zero-order chi connectivity index (χ0) is 40.9. The van der Waals surface area contributed by atoms with Crippen LogP contribution in [0.4, 0.5) is 0 Å². The van der Waals surface area contributed by atoms with Gasteiger partial charge in [0.05, 0.1) is 22.2 Å². The highest BCUT2D eigenvalue weighted by Gasteiger charge is 2.40. The lowest BCUT2D eigenvalue weighted by atomic mass is 9.90. The first-order chi connectivity index (χ1) is 26.3. The summed E-state index contributed by atoms with van der Waals surface area (Å²) in [6.07, 6.45) is 7.53. The molecule has 4 aromatic rings. The Labute approximate surface area is 332 Å². The molecule has 2 aliphatic rings. The minimum atomic E-state index is -0.667. The van der Waals surface area contributed by atoms with E-state index in [0.29, 0.717) is 11.8 Å². The number of likely N-dealkylation sites (tertiary alicyclic amines) is 2. The Hall–Kier alpha value is -4.82. The number of rotatable bonds is 12. The molecule has 2 aliphatic heterocycles. The summed E-state index contributed by atoms with van der Waals surface area (Å²) in [6.45, 7) is 19.6. The van der Waals surface area contributed by atoms with Gasteiger partial charge < -0.3 is 29.9 Å². The van der Waals surface area contributed by atoms with E-state index in [1.807, 2.05) is 103 Å². The summed E-state index contributed by atoms with van der Waals surface area (Å²) in [5.41, 5.74) is 5.04. The number of hydrogen-bond donors (Lipinski definition) is 2. The van der Waals surface area contributed by atoms with Crippen LogP contribution in [-0.2, 0) is 23.7 Å². The first-order valence-corrected chi connectivity index (χ1v) is 19.4. The molecule has 0 unspecified atom stereocenters. The molecule has 0 spiro atoms. The highest BCUT2D eigenvalue weighted by molar-refractivity contribution is 5.83. The van der Waals surface area contributed by atoms with E-state index < -0.39 is 10.8 Å². The van der Waals surface area contributed by atoms with E-state index in [0.717, 1.165) is 48.7 Å². The number of aryl methyl sites for hydroxylation is 6. The minimum absolute atomic E-state index is 0.00655. The molecule has 4 aromatic heterocycles. The predicted molar refractivity (Wildman–Crippen MR) is 217 cm³/mol. The average molecular weight is 771 g/mol. The SMILES string of the molecule is Cc1cccnc1OCC(C)(C)C(=O)N[C@@H]1CN(C)C[C@H]1c1cn(C)nc1C.Cc1cccnc1OCC(C)(C)C(=O)N[C@H]1CN(C)C[C@@H]1c1cn(C)nc1C. The van der Waals surface area contributed by atoms with E-state index in [4.69, 9.17) is 9.47 Å². The van der Waals surface area contributed by atoms with Crippen LogP contribution in [0.3, 0.4) is 0 Å². The number of carbonyl (C=O) groups excluding carboxylic acids is 2. The number of carbonyl (C=O) groups is 2. The molecule has 0 aliphatic carbocycles. The molecule has 14 heteroatoms. The Kier molecular flexibility index (Phi) is 13.3. The van der Waals surface area contributed by atoms with Crippen molar-refractivity contribution in [3.05, 3.63) is 82.7 Å². The van der Waals surface area contributed by atoms with Crippen LogP contribution >= 0.6 is 0 Å². The largest absolute Gasteiger partial charge is 0.476 e. The zero-order valence-corrected chi connectivity index (χ0v) is 35.4. The molecule has 2 N–H and O–H groups in total. The van der Waals surface area contributed by atoms with Gasteiger partial charge in [-0.2, -0.15) is 10.2 Å². The maximum atomic E-state index is 13.0. The second kappa shape index (κ2) is 17.5. The fourth-order valence-corrected chi connectivity index (χ4v) is 7.49. The van der Waals surface area contributed by atoms with E-state index in [2.05, 4.69) is 67.1 Å². The summed E-state index contributed by atoms with van der Waals surface area (Å²) in [6, 6.07) is 7.75. The van der Waals surface area contributed by atoms with Gasteiger partial charge in [0.1, 0.15) is 13.2 Å². The molecule has 56 heavy (non-hydrogen) atoms. The molecule has 6 rings (SSSR count). The van der Waals surface area contributed by atoms with E-state index in [1.54, 1.807) is 12.4 Å². The number of nitrogens with one attached hydrogen (secondary N) is 2. The standard InChI is InChI=1S/2C21H31N5O2/c2*1-14-8-7-9-22-19(14)28-13-21(3,4)20(27)23-18-12-25(5)10-17(18)16-11-26(6)24-15(16)2/h2*7-9,11,17-18H,10,12-13H2,1-6H3,(H,23,27)/t2*17-,18+/m10/s1. The normalized spacial score (nSPS) is 20.4. The number of nitrogens with zero attached hydrogens (tertiary/aromatic N) is 8. The molecular weight excluding hydrogens is 709 g/mol. The van der Waals surface area contributed by atoms with Gasteiger partial charge in [0.25, 0.3) is 0 Å². The molecule has 6 heterocycles. The van der Waals surface area contributed by atoms with Crippen molar-refractivity contribution in [3.8, 4) is 11.8 Å². The number of pyridine rings is 2. The van der Waals surface area contributed by atoms with Crippen molar-refractivity contribution in [2.24, 2.45) is 24.9 Å². The maximum absolute atomic E-state index is 13.0. The Morgan fingerprint density at radius 1 is 0.661 bits per heavy atom. The molecule has 0 aromatic carbocycles. The van der Waals surface area contributed by atoms with Crippen molar-refractivity contribution < 1.29 is 19.1 Å². The number of aromatic nitrogens is 6.